The summed E-state index contributed by atoms with van der Waals surface area (Å²) in [5.41, 5.74) is 1.03. The van der Waals surface area contributed by atoms with Crippen LogP contribution < -0.4 is 5.32 Å². The molecule has 7 rings (SSSR count). The number of hydrogen-bond donors (Lipinski definition) is 1. The van der Waals surface area contributed by atoms with Crippen molar-refractivity contribution < 1.29 is 18.0 Å². The van der Waals surface area contributed by atoms with Gasteiger partial charge in [0, 0.05) is 0 Å². The molecule has 7 nitrogen and oxygen atoms in total. The molecule has 11 heteroatoms. The standard InChI is InChI=1S/C26H28ClF3N6O/c1-15-21(16(2)35(33-15)12-17-4-3-5-20(7-17)26(28,29)30)32-22(37)24-8-18-6-19(9-24)11-25(10-18,13-24)36-14-31-23(27)34-36/h3-5,7,14,18-19H,6,8-13H2,1-2H3,(H,32,37). The number of hydrogen-bond acceptors (Lipinski definition) is 4. The summed E-state index contributed by atoms with van der Waals surface area (Å²) in [6.45, 7) is 3.82. The molecule has 196 valence electrons. The summed E-state index contributed by atoms with van der Waals surface area (Å²) in [6.07, 6.45) is 2.74. The van der Waals surface area contributed by atoms with Crippen molar-refractivity contribution >= 4 is 23.2 Å². The average Bonchev–Trinajstić information content (AvgIpc) is 3.37. The Balaban J connectivity index is 1.25. The summed E-state index contributed by atoms with van der Waals surface area (Å²) in [4.78, 5) is 18.1. The number of carbonyl (C=O) groups is 1. The number of nitrogens with one attached hydrogen (secondary N) is 1. The van der Waals surface area contributed by atoms with Crippen molar-refractivity contribution in [2.75, 3.05) is 5.32 Å². The monoisotopic (exact) mass is 532 g/mol. The highest BCUT2D eigenvalue weighted by Crippen LogP contribution is 2.64. The van der Waals surface area contributed by atoms with E-state index in [4.69, 9.17) is 11.6 Å². The Morgan fingerprint density at radius 1 is 1.16 bits per heavy atom. The zero-order valence-corrected chi connectivity index (χ0v) is 21.4. The molecular weight excluding hydrogens is 505 g/mol. The Morgan fingerprint density at radius 3 is 2.54 bits per heavy atom. The molecule has 1 N–H and O–H groups in total. The first kappa shape index (κ1) is 24.5. The lowest BCUT2D eigenvalue weighted by atomic mass is 9.46. The predicted octanol–water partition coefficient (Wildman–Crippen LogP) is 5.75. The summed E-state index contributed by atoms with van der Waals surface area (Å²) in [6, 6.07) is 5.24. The van der Waals surface area contributed by atoms with Crippen molar-refractivity contribution in [1.82, 2.24) is 24.5 Å². The van der Waals surface area contributed by atoms with Gasteiger partial charge in [0.15, 0.2) is 0 Å². The molecule has 2 unspecified atom stereocenters. The van der Waals surface area contributed by atoms with Gasteiger partial charge < -0.3 is 5.32 Å². The van der Waals surface area contributed by atoms with Gasteiger partial charge in [-0.3, -0.25) is 9.48 Å². The third kappa shape index (κ3) is 4.13. The summed E-state index contributed by atoms with van der Waals surface area (Å²) in [7, 11) is 0. The topological polar surface area (TPSA) is 77.6 Å². The Hall–Kier alpha value is -2.88. The molecule has 4 fully saturated rings. The van der Waals surface area contributed by atoms with Gasteiger partial charge in [-0.25, -0.2) is 9.67 Å². The second-order valence-electron chi connectivity index (χ2n) is 11.3. The van der Waals surface area contributed by atoms with Gasteiger partial charge in [-0.2, -0.15) is 18.3 Å². The molecule has 1 aromatic carbocycles. The number of aromatic nitrogens is 5. The molecule has 4 saturated carbocycles. The van der Waals surface area contributed by atoms with Crippen molar-refractivity contribution in [1.29, 1.82) is 0 Å². The molecule has 37 heavy (non-hydrogen) atoms. The van der Waals surface area contributed by atoms with Crippen molar-refractivity contribution in [2.45, 2.75) is 70.6 Å². The van der Waals surface area contributed by atoms with Gasteiger partial charge in [-0.15, -0.1) is 5.10 Å². The zero-order chi connectivity index (χ0) is 26.2. The summed E-state index contributed by atoms with van der Waals surface area (Å²) < 4.78 is 43.0. The quantitative estimate of drug-likeness (QED) is 0.454. The van der Waals surface area contributed by atoms with Crippen LogP contribution in [0.25, 0.3) is 0 Å². The number of aryl methyl sites for hydroxylation is 1. The fraction of sp³-hybridized carbons (Fsp3) is 0.538. The minimum absolute atomic E-state index is 0.0120. The Kier molecular flexibility index (Phi) is 5.49. The molecule has 0 saturated heterocycles. The number of rotatable bonds is 5. The lowest BCUT2D eigenvalue weighted by Crippen LogP contribution is -2.60. The molecule has 3 aromatic rings. The highest BCUT2D eigenvalue weighted by molar-refractivity contribution is 6.28. The molecular formula is C26H28ClF3N6O. The second kappa shape index (κ2) is 8.31. The number of carbonyl (C=O) groups excluding carboxylic acids is 1. The fourth-order valence-electron chi connectivity index (χ4n) is 7.52. The first-order valence-electron chi connectivity index (χ1n) is 12.6. The molecule has 1 amide bonds. The zero-order valence-electron chi connectivity index (χ0n) is 20.6. The van der Waals surface area contributed by atoms with E-state index in [1.54, 1.807) is 17.1 Å². The number of alkyl halides is 3. The SMILES string of the molecule is Cc1nn(Cc2cccc(C(F)(F)F)c2)c(C)c1NC(=O)C12CC3CC(C1)CC(n1cnc(Cl)n1)(C3)C2. The smallest absolute Gasteiger partial charge is 0.322 e. The number of amides is 1. The van der Waals surface area contributed by atoms with Crippen LogP contribution in [-0.2, 0) is 23.1 Å². The van der Waals surface area contributed by atoms with Gasteiger partial charge >= 0.3 is 6.18 Å². The molecule has 4 bridgehead atoms. The third-order valence-electron chi connectivity index (χ3n) is 8.67. The van der Waals surface area contributed by atoms with E-state index in [1.165, 1.54) is 6.07 Å². The van der Waals surface area contributed by atoms with E-state index >= 15 is 0 Å². The highest BCUT2D eigenvalue weighted by Gasteiger charge is 2.61. The van der Waals surface area contributed by atoms with Crippen LogP contribution in [-0.4, -0.2) is 30.5 Å². The van der Waals surface area contributed by atoms with Crippen LogP contribution in [0.15, 0.2) is 30.6 Å². The van der Waals surface area contributed by atoms with Gasteiger partial charge in [-0.05, 0) is 93.5 Å². The van der Waals surface area contributed by atoms with E-state index in [-0.39, 0.29) is 23.3 Å². The minimum Gasteiger partial charge on any atom is -0.322 e. The van der Waals surface area contributed by atoms with Crippen LogP contribution in [0, 0.1) is 31.1 Å². The van der Waals surface area contributed by atoms with Crippen molar-refractivity contribution in [3.05, 3.63) is 58.4 Å². The predicted molar refractivity (Wildman–Crippen MR) is 131 cm³/mol. The van der Waals surface area contributed by atoms with Gasteiger partial charge in [-0.1, -0.05) is 12.1 Å². The van der Waals surface area contributed by atoms with E-state index in [1.807, 2.05) is 18.5 Å². The summed E-state index contributed by atoms with van der Waals surface area (Å²) >= 11 is 6.04. The van der Waals surface area contributed by atoms with Crippen molar-refractivity contribution in [2.24, 2.45) is 17.3 Å². The largest absolute Gasteiger partial charge is 0.416 e. The van der Waals surface area contributed by atoms with Gasteiger partial charge in [0.05, 0.1) is 40.1 Å². The molecule has 2 heterocycles. The van der Waals surface area contributed by atoms with Crippen LogP contribution in [0.3, 0.4) is 0 Å². The first-order chi connectivity index (χ1) is 17.5. The van der Waals surface area contributed by atoms with Crippen molar-refractivity contribution in [3.8, 4) is 0 Å². The summed E-state index contributed by atoms with van der Waals surface area (Å²) in [5.74, 6) is 0.878. The van der Waals surface area contributed by atoms with Crippen molar-refractivity contribution in [3.63, 3.8) is 0 Å². The van der Waals surface area contributed by atoms with Gasteiger partial charge in [0.1, 0.15) is 6.33 Å². The van der Waals surface area contributed by atoms with Crippen LogP contribution in [0.1, 0.15) is 61.0 Å². The third-order valence-corrected chi connectivity index (χ3v) is 8.84. The maximum absolute atomic E-state index is 13.9. The van der Waals surface area contributed by atoms with E-state index < -0.39 is 17.2 Å². The Bertz CT molecular complexity index is 1360. The fourth-order valence-corrected chi connectivity index (χ4v) is 7.64. The lowest BCUT2D eigenvalue weighted by molar-refractivity contribution is -0.150. The highest BCUT2D eigenvalue weighted by atomic mass is 35.5. The molecule has 2 aromatic heterocycles. The normalized spacial score (nSPS) is 28.6. The molecule has 2 atom stereocenters. The molecule has 0 radical (unpaired) electrons. The maximum Gasteiger partial charge on any atom is 0.416 e. The summed E-state index contributed by atoms with van der Waals surface area (Å²) in [5, 5.41) is 12.4. The van der Waals surface area contributed by atoms with Crippen LogP contribution in [0.2, 0.25) is 5.28 Å². The second-order valence-corrected chi connectivity index (χ2v) is 11.6. The van der Waals surface area contributed by atoms with E-state index in [9.17, 15) is 18.0 Å². The van der Waals surface area contributed by atoms with Gasteiger partial charge in [0.2, 0.25) is 11.2 Å². The van der Waals surface area contributed by atoms with E-state index in [0.29, 0.717) is 40.9 Å². The number of anilines is 1. The van der Waals surface area contributed by atoms with Crippen LogP contribution >= 0.6 is 11.6 Å². The number of benzene rings is 1. The van der Waals surface area contributed by atoms with E-state index in [0.717, 1.165) is 44.2 Å². The Morgan fingerprint density at radius 2 is 1.89 bits per heavy atom. The minimum atomic E-state index is -4.41. The lowest BCUT2D eigenvalue weighted by Gasteiger charge is -2.60. The number of halogens is 4. The molecule has 0 aliphatic heterocycles. The van der Waals surface area contributed by atoms with Crippen LogP contribution in [0.5, 0.6) is 0 Å². The van der Waals surface area contributed by atoms with E-state index in [2.05, 4.69) is 20.5 Å². The maximum atomic E-state index is 13.9. The molecule has 4 aliphatic carbocycles. The first-order valence-corrected chi connectivity index (χ1v) is 12.9. The Labute approximate surface area is 217 Å². The molecule has 4 aliphatic rings. The van der Waals surface area contributed by atoms with Crippen LogP contribution in [0.4, 0.5) is 18.9 Å². The molecule has 0 spiro atoms. The average molecular weight is 533 g/mol. The van der Waals surface area contributed by atoms with Gasteiger partial charge in [0.25, 0.3) is 0 Å². The number of nitrogens with zero attached hydrogens (tertiary/aromatic N) is 5.